The fourth-order valence-corrected chi connectivity index (χ4v) is 3.79. The lowest BCUT2D eigenvalue weighted by Gasteiger charge is -2.09. The van der Waals surface area contributed by atoms with Gasteiger partial charge in [-0.3, -0.25) is 0 Å². The number of halogens is 1. The van der Waals surface area contributed by atoms with Crippen molar-refractivity contribution in [3.63, 3.8) is 0 Å². The van der Waals surface area contributed by atoms with Crippen molar-refractivity contribution in [1.29, 1.82) is 0 Å². The normalized spacial score (nSPS) is 12.1. The first-order valence-electron chi connectivity index (χ1n) is 8.94. The lowest BCUT2D eigenvalue weighted by atomic mass is 10.1. The molecule has 150 valence electrons. The van der Waals surface area contributed by atoms with E-state index in [-0.39, 0.29) is 35.8 Å². The van der Waals surface area contributed by atoms with Crippen molar-refractivity contribution < 1.29 is 8.42 Å². The maximum atomic E-state index is 11.9. The highest BCUT2D eigenvalue weighted by Crippen LogP contribution is 2.09. The third-order valence-electron chi connectivity index (χ3n) is 3.56. The molecule has 0 fully saturated rings. The van der Waals surface area contributed by atoms with Crippen molar-refractivity contribution in [2.24, 2.45) is 10.7 Å². The zero-order valence-corrected chi connectivity index (χ0v) is 19.1. The summed E-state index contributed by atoms with van der Waals surface area (Å²) in [5.74, 6) is 0.431. The minimum atomic E-state index is -3.30. The summed E-state index contributed by atoms with van der Waals surface area (Å²) in [6, 6.07) is 7.31. The third-order valence-corrected chi connectivity index (χ3v) is 5.11. The molecule has 0 amide bonds. The zero-order valence-electron chi connectivity index (χ0n) is 16.0. The highest BCUT2D eigenvalue weighted by atomic mass is 127. The predicted molar refractivity (Wildman–Crippen MR) is 120 cm³/mol. The summed E-state index contributed by atoms with van der Waals surface area (Å²) in [5.41, 5.74) is 7.59. The minimum absolute atomic E-state index is 0. The van der Waals surface area contributed by atoms with Crippen molar-refractivity contribution >= 4 is 40.0 Å². The maximum Gasteiger partial charge on any atom is 0.216 e. The molecular weight excluding hydrogens is 463 g/mol. The molecule has 0 unspecified atom stereocenters. The molecule has 0 aliphatic rings. The predicted octanol–water partition coefficient (Wildman–Crippen LogP) is 3.12. The third kappa shape index (κ3) is 11.7. The van der Waals surface area contributed by atoms with Gasteiger partial charge in [0.25, 0.3) is 0 Å². The van der Waals surface area contributed by atoms with Gasteiger partial charge in [0.1, 0.15) is 0 Å². The van der Waals surface area contributed by atoms with Crippen LogP contribution in [0, 0.1) is 0 Å². The van der Waals surface area contributed by atoms with Crippen LogP contribution >= 0.6 is 24.0 Å². The van der Waals surface area contributed by atoms with E-state index in [1.54, 1.807) is 13.8 Å². The van der Waals surface area contributed by atoms with Crippen molar-refractivity contribution in [2.45, 2.75) is 64.8 Å². The number of nitrogens with one attached hydrogen (secondary N) is 2. The summed E-state index contributed by atoms with van der Waals surface area (Å²) in [6.45, 7) is 7.12. The molecule has 0 saturated carbocycles. The Morgan fingerprint density at radius 1 is 1.12 bits per heavy atom. The van der Waals surface area contributed by atoms with Crippen LogP contribution in [0.1, 0.15) is 57.6 Å². The van der Waals surface area contributed by atoms with E-state index in [9.17, 15) is 8.42 Å². The first-order chi connectivity index (χ1) is 11.8. The van der Waals surface area contributed by atoms with Gasteiger partial charge in [0.2, 0.25) is 10.0 Å². The minimum Gasteiger partial charge on any atom is -0.370 e. The number of guanidine groups is 1. The summed E-state index contributed by atoms with van der Waals surface area (Å²) >= 11 is 0. The number of unbranched alkanes of at least 4 members (excludes halogenated alkanes) is 3. The van der Waals surface area contributed by atoms with Gasteiger partial charge < -0.3 is 11.1 Å². The van der Waals surface area contributed by atoms with Crippen LogP contribution in [0.5, 0.6) is 0 Å². The van der Waals surface area contributed by atoms with Crippen molar-refractivity contribution in [3.05, 3.63) is 35.4 Å². The summed E-state index contributed by atoms with van der Waals surface area (Å²) in [7, 11) is -3.30. The van der Waals surface area contributed by atoms with E-state index in [1.165, 1.54) is 19.3 Å². The molecule has 0 saturated heterocycles. The molecule has 26 heavy (non-hydrogen) atoms. The van der Waals surface area contributed by atoms with E-state index in [4.69, 9.17) is 5.73 Å². The molecular formula is C18H33IN4O2S. The molecule has 0 atom stereocenters. The van der Waals surface area contributed by atoms with Crippen molar-refractivity contribution in [1.82, 2.24) is 10.0 Å². The first-order valence-corrected chi connectivity index (χ1v) is 10.6. The second kappa shape index (κ2) is 13.3. The summed E-state index contributed by atoms with van der Waals surface area (Å²) in [5, 5.41) is 3.11. The van der Waals surface area contributed by atoms with E-state index >= 15 is 0 Å². The summed E-state index contributed by atoms with van der Waals surface area (Å²) in [4.78, 5) is 4.31. The standard InChI is InChI=1S/C18H32N4O2S.HI/c1-4-5-6-7-12-20-18(19)21-13-16-8-10-17(11-9-16)14-25(23,24)22-15(2)3;/h8-11,15,22H,4-7,12-14H2,1-3H3,(H3,19,20,21);1H. The van der Waals surface area contributed by atoms with Crippen LogP contribution < -0.4 is 15.8 Å². The quantitative estimate of drug-likeness (QED) is 0.190. The van der Waals surface area contributed by atoms with Crippen LogP contribution in [0.25, 0.3) is 0 Å². The Morgan fingerprint density at radius 3 is 2.31 bits per heavy atom. The van der Waals surface area contributed by atoms with E-state index < -0.39 is 10.0 Å². The number of sulfonamides is 1. The monoisotopic (exact) mass is 496 g/mol. The summed E-state index contributed by atoms with van der Waals surface area (Å²) < 4.78 is 26.4. The van der Waals surface area contributed by atoms with Crippen LogP contribution in [-0.4, -0.2) is 27.0 Å². The Morgan fingerprint density at radius 2 is 1.73 bits per heavy atom. The SMILES string of the molecule is CCCCCCNC(N)=NCc1ccc(CS(=O)(=O)NC(C)C)cc1.I. The van der Waals surface area contributed by atoms with Crippen LogP contribution in [0.4, 0.5) is 0 Å². The van der Waals surface area contributed by atoms with Crippen LogP contribution in [0.15, 0.2) is 29.3 Å². The van der Waals surface area contributed by atoms with Gasteiger partial charge in [-0.1, -0.05) is 50.5 Å². The number of benzene rings is 1. The second-order valence-corrected chi connectivity index (χ2v) is 8.29. The Labute approximate surface area is 175 Å². The van der Waals surface area contributed by atoms with Crippen molar-refractivity contribution in [2.75, 3.05) is 6.54 Å². The number of nitrogens with zero attached hydrogens (tertiary/aromatic N) is 1. The molecule has 6 nitrogen and oxygen atoms in total. The van der Waals surface area contributed by atoms with Gasteiger partial charge in [0.15, 0.2) is 5.96 Å². The smallest absolute Gasteiger partial charge is 0.216 e. The number of hydrogen-bond acceptors (Lipinski definition) is 3. The Balaban J connectivity index is 0.00000625. The van der Waals surface area contributed by atoms with Gasteiger partial charge in [-0.2, -0.15) is 0 Å². The van der Waals surface area contributed by atoms with Crippen LogP contribution in [-0.2, 0) is 22.3 Å². The number of hydrogen-bond donors (Lipinski definition) is 3. The first kappa shape index (κ1) is 25.1. The molecule has 0 heterocycles. The Bertz CT molecular complexity index is 631. The number of aliphatic imine (C=N–C) groups is 1. The molecule has 0 spiro atoms. The van der Waals surface area contributed by atoms with Gasteiger partial charge in [-0.15, -0.1) is 24.0 Å². The molecule has 0 aliphatic carbocycles. The molecule has 1 rings (SSSR count). The van der Waals surface area contributed by atoms with Gasteiger partial charge in [-0.25, -0.2) is 18.1 Å². The van der Waals surface area contributed by atoms with E-state index in [0.29, 0.717) is 12.5 Å². The Hall–Kier alpha value is -0.870. The number of rotatable bonds is 11. The highest BCUT2D eigenvalue weighted by Gasteiger charge is 2.12. The van der Waals surface area contributed by atoms with E-state index in [0.717, 1.165) is 24.1 Å². The largest absolute Gasteiger partial charge is 0.370 e. The lowest BCUT2D eigenvalue weighted by molar-refractivity contribution is 0.569. The summed E-state index contributed by atoms with van der Waals surface area (Å²) in [6.07, 6.45) is 4.76. The van der Waals surface area contributed by atoms with Crippen molar-refractivity contribution in [3.8, 4) is 0 Å². The number of nitrogens with two attached hydrogens (primary N) is 1. The molecule has 0 radical (unpaired) electrons. The Kier molecular flexibility index (Phi) is 12.9. The topological polar surface area (TPSA) is 96.6 Å². The molecule has 0 bridgehead atoms. The molecule has 4 N–H and O–H groups in total. The van der Waals surface area contributed by atoms with E-state index in [2.05, 4.69) is 22.0 Å². The molecule has 0 aliphatic heterocycles. The van der Waals surface area contributed by atoms with Gasteiger partial charge in [-0.05, 0) is 31.4 Å². The zero-order chi connectivity index (χ0) is 18.7. The van der Waals surface area contributed by atoms with Gasteiger partial charge in [0, 0.05) is 12.6 Å². The molecule has 0 aromatic heterocycles. The fourth-order valence-electron chi connectivity index (χ4n) is 2.36. The van der Waals surface area contributed by atoms with Gasteiger partial charge in [0.05, 0.1) is 12.3 Å². The molecule has 1 aromatic rings. The average molecular weight is 496 g/mol. The van der Waals surface area contributed by atoms with Crippen LogP contribution in [0.2, 0.25) is 0 Å². The fraction of sp³-hybridized carbons (Fsp3) is 0.611. The van der Waals surface area contributed by atoms with E-state index in [1.807, 2.05) is 24.3 Å². The highest BCUT2D eigenvalue weighted by molar-refractivity contribution is 14.0. The molecule has 1 aromatic carbocycles. The molecule has 8 heteroatoms. The van der Waals surface area contributed by atoms with Crippen LogP contribution in [0.3, 0.4) is 0 Å². The maximum absolute atomic E-state index is 11.9. The average Bonchev–Trinajstić information content (AvgIpc) is 2.52. The second-order valence-electron chi connectivity index (χ2n) is 6.54. The van der Waals surface area contributed by atoms with Gasteiger partial charge >= 0.3 is 0 Å². The lowest BCUT2D eigenvalue weighted by Crippen LogP contribution is -2.32.